The highest BCUT2D eigenvalue weighted by atomic mass is 32.1. The molecule has 142 valence electrons. The normalized spacial score (nSPS) is 12.1. The van der Waals surface area contributed by atoms with E-state index in [1.54, 1.807) is 0 Å². The van der Waals surface area contributed by atoms with Gasteiger partial charge in [-0.3, -0.25) is 4.79 Å². The molecule has 0 radical (unpaired) electrons. The summed E-state index contributed by atoms with van der Waals surface area (Å²) in [7, 11) is 1.00. The van der Waals surface area contributed by atoms with Gasteiger partial charge in [0, 0.05) is 13.5 Å². The second-order valence-electron chi connectivity index (χ2n) is 5.00. The van der Waals surface area contributed by atoms with E-state index in [0.29, 0.717) is 0 Å². The molecule has 11 heteroatoms. The van der Waals surface area contributed by atoms with E-state index in [9.17, 15) is 31.5 Å². The quantitative estimate of drug-likeness (QED) is 0.292. The molecule has 0 heterocycles. The molecule has 0 unspecified atom stereocenters. The van der Waals surface area contributed by atoms with Crippen LogP contribution in [0.4, 0.5) is 22.0 Å². The summed E-state index contributed by atoms with van der Waals surface area (Å²) in [6.07, 6.45) is -5.46. The Bertz CT molecular complexity index is 443. The van der Waals surface area contributed by atoms with E-state index in [1.165, 1.54) is 13.8 Å². The predicted molar refractivity (Wildman–Crippen MR) is 77.9 cm³/mol. The molecule has 0 saturated carbocycles. The van der Waals surface area contributed by atoms with Gasteiger partial charge in [0.25, 0.3) is 0 Å². The molecule has 0 aliphatic carbocycles. The van der Waals surface area contributed by atoms with Gasteiger partial charge in [-0.2, -0.15) is 22.0 Å². The molecule has 5 nitrogen and oxygen atoms in total. The van der Waals surface area contributed by atoms with Crippen molar-refractivity contribution in [1.82, 2.24) is 0 Å². The zero-order chi connectivity index (χ0) is 19.8. The zero-order valence-electron chi connectivity index (χ0n) is 13.2. The van der Waals surface area contributed by atoms with Crippen molar-refractivity contribution in [3.63, 3.8) is 0 Å². The van der Waals surface area contributed by atoms with E-state index in [2.05, 4.69) is 28.7 Å². The van der Waals surface area contributed by atoms with Crippen LogP contribution >= 0.6 is 12.6 Å². The SMILES string of the molecule is C=C(C(=O)OC(C)(C)CC(=O)COCC(F)(F)S)C(F)(F)F.CO. The van der Waals surface area contributed by atoms with Crippen LogP contribution in [0.25, 0.3) is 0 Å². The fourth-order valence-corrected chi connectivity index (χ4v) is 1.37. The van der Waals surface area contributed by atoms with Gasteiger partial charge in [-0.05, 0) is 13.8 Å². The molecule has 0 aromatic rings. The molecule has 1 N–H and O–H groups in total. The first-order valence-corrected chi connectivity index (χ1v) is 6.72. The Hall–Kier alpha value is -1.20. The molecule has 0 aromatic heterocycles. The molecular formula is C13H19F5O5S. The monoisotopic (exact) mass is 382 g/mol. The van der Waals surface area contributed by atoms with Gasteiger partial charge in [0.2, 0.25) is 0 Å². The molecule has 0 amide bonds. The van der Waals surface area contributed by atoms with Crippen LogP contribution in [-0.2, 0) is 19.1 Å². The van der Waals surface area contributed by atoms with Crippen LogP contribution in [0.15, 0.2) is 12.2 Å². The molecule has 0 saturated heterocycles. The standard InChI is InChI=1S/C12H15F5O4S.CH4O/c1-7(12(15,16)17)9(19)21-10(2,3)4-8(18)5-20-6-11(13,14)22;1-2/h22H,1,4-6H2,2-3H3;2H,1H3. The summed E-state index contributed by atoms with van der Waals surface area (Å²) in [4.78, 5) is 22.7. The average molecular weight is 382 g/mol. The molecule has 0 aromatic carbocycles. The van der Waals surface area contributed by atoms with Gasteiger partial charge in [0.15, 0.2) is 5.78 Å². The predicted octanol–water partition coefficient (Wildman–Crippen LogP) is 2.53. The maximum Gasteiger partial charge on any atom is 0.422 e. The Kier molecular flexibility index (Phi) is 10.4. The van der Waals surface area contributed by atoms with E-state index >= 15 is 0 Å². The van der Waals surface area contributed by atoms with Crippen LogP contribution < -0.4 is 0 Å². The number of aliphatic hydroxyl groups is 1. The molecular weight excluding hydrogens is 363 g/mol. The first-order valence-electron chi connectivity index (χ1n) is 6.28. The number of thiol groups is 1. The van der Waals surface area contributed by atoms with Crippen LogP contribution in [0.2, 0.25) is 0 Å². The minimum absolute atomic E-state index is 0.512. The fraction of sp³-hybridized carbons (Fsp3) is 0.692. The number of ketones is 1. The third-order valence-electron chi connectivity index (χ3n) is 2.12. The average Bonchev–Trinajstić information content (AvgIpc) is 2.36. The third kappa shape index (κ3) is 12.3. The summed E-state index contributed by atoms with van der Waals surface area (Å²) in [6.45, 7) is 3.14. The molecule has 0 rings (SSSR count). The van der Waals surface area contributed by atoms with E-state index in [1.807, 2.05) is 0 Å². The summed E-state index contributed by atoms with van der Waals surface area (Å²) in [5, 5.41) is 3.59. The highest BCUT2D eigenvalue weighted by Crippen LogP contribution is 2.27. The molecule has 0 fully saturated rings. The molecule has 0 bridgehead atoms. The number of Topliss-reactive ketones (excluding diaryl/α,β-unsaturated/α-hetero) is 1. The summed E-state index contributed by atoms with van der Waals surface area (Å²) in [5.74, 6) is -2.44. The van der Waals surface area contributed by atoms with Gasteiger partial charge >= 0.3 is 17.4 Å². The largest absolute Gasteiger partial charge is 0.456 e. The van der Waals surface area contributed by atoms with Crippen molar-refractivity contribution in [2.75, 3.05) is 20.3 Å². The second-order valence-corrected chi connectivity index (χ2v) is 5.65. The summed E-state index contributed by atoms with van der Waals surface area (Å²) in [6, 6.07) is 0. The van der Waals surface area contributed by atoms with E-state index < -0.39 is 54.0 Å². The van der Waals surface area contributed by atoms with Crippen molar-refractivity contribution in [3.05, 3.63) is 12.2 Å². The minimum Gasteiger partial charge on any atom is -0.456 e. The zero-order valence-corrected chi connectivity index (χ0v) is 14.1. The smallest absolute Gasteiger partial charge is 0.422 e. The Labute approximate surface area is 141 Å². The number of rotatable bonds is 8. The molecule has 0 spiro atoms. The number of hydrogen-bond donors (Lipinski definition) is 2. The molecule has 0 aliphatic rings. The van der Waals surface area contributed by atoms with Crippen molar-refractivity contribution in [1.29, 1.82) is 0 Å². The summed E-state index contributed by atoms with van der Waals surface area (Å²) >= 11 is 2.88. The Morgan fingerprint density at radius 2 is 1.58 bits per heavy atom. The lowest BCUT2D eigenvalue weighted by Crippen LogP contribution is -2.35. The van der Waals surface area contributed by atoms with Crippen LogP contribution in [0.1, 0.15) is 20.3 Å². The van der Waals surface area contributed by atoms with Crippen molar-refractivity contribution in [2.24, 2.45) is 0 Å². The van der Waals surface area contributed by atoms with Gasteiger partial charge in [-0.1, -0.05) is 6.58 Å². The number of alkyl halides is 5. The number of carbonyl (C=O) groups is 2. The number of esters is 1. The lowest BCUT2D eigenvalue weighted by atomic mass is 10.0. The Morgan fingerprint density at radius 1 is 1.12 bits per heavy atom. The number of hydrogen-bond acceptors (Lipinski definition) is 6. The van der Waals surface area contributed by atoms with Crippen molar-refractivity contribution in [3.8, 4) is 0 Å². The number of carbonyl (C=O) groups excluding carboxylic acids is 2. The van der Waals surface area contributed by atoms with Crippen LogP contribution in [0.3, 0.4) is 0 Å². The van der Waals surface area contributed by atoms with E-state index in [-0.39, 0.29) is 0 Å². The highest BCUT2D eigenvalue weighted by Gasteiger charge is 2.40. The van der Waals surface area contributed by atoms with Gasteiger partial charge in [-0.25, -0.2) is 4.79 Å². The number of ether oxygens (including phenoxy) is 2. The van der Waals surface area contributed by atoms with Gasteiger partial charge in [-0.15, -0.1) is 12.6 Å². The summed E-state index contributed by atoms with van der Waals surface area (Å²) < 4.78 is 70.3. The van der Waals surface area contributed by atoms with Crippen LogP contribution in [0.5, 0.6) is 0 Å². The lowest BCUT2D eigenvalue weighted by Gasteiger charge is -2.25. The van der Waals surface area contributed by atoms with Crippen molar-refractivity contribution >= 4 is 24.4 Å². The number of aliphatic hydroxyl groups excluding tert-OH is 1. The maximum absolute atomic E-state index is 12.3. The molecule has 0 atom stereocenters. The van der Waals surface area contributed by atoms with Crippen molar-refractivity contribution in [2.45, 2.75) is 37.3 Å². The van der Waals surface area contributed by atoms with Crippen LogP contribution in [0, 0.1) is 0 Å². The topological polar surface area (TPSA) is 72.8 Å². The first-order chi connectivity index (χ1) is 10.6. The van der Waals surface area contributed by atoms with E-state index in [4.69, 9.17) is 5.11 Å². The Morgan fingerprint density at radius 3 is 1.96 bits per heavy atom. The first kappa shape index (κ1) is 25.0. The van der Waals surface area contributed by atoms with Gasteiger partial charge in [0.1, 0.15) is 24.4 Å². The number of halogens is 5. The second kappa shape index (κ2) is 9.94. The lowest BCUT2D eigenvalue weighted by molar-refractivity contribution is -0.163. The molecule has 24 heavy (non-hydrogen) atoms. The minimum atomic E-state index is -4.95. The molecule has 0 aliphatic heterocycles. The van der Waals surface area contributed by atoms with Crippen LogP contribution in [-0.4, -0.2) is 54.2 Å². The van der Waals surface area contributed by atoms with Gasteiger partial charge in [0.05, 0.1) is 0 Å². The van der Waals surface area contributed by atoms with Gasteiger partial charge < -0.3 is 14.6 Å². The van der Waals surface area contributed by atoms with E-state index in [0.717, 1.165) is 7.11 Å². The Balaban J connectivity index is 0. The van der Waals surface area contributed by atoms with Crippen molar-refractivity contribution < 1.29 is 46.1 Å². The highest BCUT2D eigenvalue weighted by molar-refractivity contribution is 7.81. The third-order valence-corrected chi connectivity index (χ3v) is 2.25. The summed E-state index contributed by atoms with van der Waals surface area (Å²) in [5.41, 5.74) is -3.28. The maximum atomic E-state index is 12.3. The fourth-order valence-electron chi connectivity index (χ4n) is 1.28.